The van der Waals surface area contributed by atoms with E-state index in [1.165, 1.54) is 19.3 Å². The van der Waals surface area contributed by atoms with Crippen molar-refractivity contribution in [3.63, 3.8) is 0 Å². The van der Waals surface area contributed by atoms with Gasteiger partial charge in [0.25, 0.3) is 0 Å². The molecule has 0 bridgehead atoms. The van der Waals surface area contributed by atoms with E-state index in [9.17, 15) is 4.79 Å². The molecule has 0 aromatic carbocycles. The summed E-state index contributed by atoms with van der Waals surface area (Å²) in [7, 11) is 0. The van der Waals surface area contributed by atoms with Gasteiger partial charge in [-0.3, -0.25) is 4.79 Å². The van der Waals surface area contributed by atoms with E-state index in [4.69, 9.17) is 5.73 Å². The first-order chi connectivity index (χ1) is 5.06. The Morgan fingerprint density at radius 3 is 1.55 bits per heavy atom. The smallest absolute Gasteiger partial charge is 0.219 e. The minimum absolute atomic E-state index is 0.00926. The second-order valence-electron chi connectivity index (χ2n) is 2.91. The SMILES string of the molecule is CC(C)C(N)=O.CCCCC. The van der Waals surface area contributed by atoms with Crippen molar-refractivity contribution < 1.29 is 4.79 Å². The molecule has 0 aromatic heterocycles. The van der Waals surface area contributed by atoms with Crippen LogP contribution in [0.2, 0.25) is 0 Å². The lowest BCUT2D eigenvalue weighted by Crippen LogP contribution is -2.17. The zero-order chi connectivity index (χ0) is 9.28. The van der Waals surface area contributed by atoms with E-state index in [-0.39, 0.29) is 11.8 Å². The summed E-state index contributed by atoms with van der Waals surface area (Å²) in [5.41, 5.74) is 4.80. The van der Waals surface area contributed by atoms with Crippen LogP contribution in [0.3, 0.4) is 0 Å². The number of unbranched alkanes of at least 4 members (excludes halogenated alkanes) is 2. The first kappa shape index (κ1) is 13.1. The third-order valence-electron chi connectivity index (χ3n) is 1.28. The Labute approximate surface area is 70.2 Å². The largest absolute Gasteiger partial charge is 0.369 e. The fourth-order valence-electron chi connectivity index (χ4n) is 0.354. The highest BCUT2D eigenvalue weighted by molar-refractivity contribution is 5.75. The van der Waals surface area contributed by atoms with Gasteiger partial charge < -0.3 is 5.73 Å². The molecule has 0 saturated heterocycles. The fraction of sp³-hybridized carbons (Fsp3) is 0.889. The van der Waals surface area contributed by atoms with Crippen LogP contribution < -0.4 is 5.73 Å². The highest BCUT2D eigenvalue weighted by Gasteiger charge is 1.96. The Balaban J connectivity index is 0. The number of nitrogens with two attached hydrogens (primary N) is 1. The van der Waals surface area contributed by atoms with E-state index in [1.807, 2.05) is 0 Å². The molecular weight excluding hydrogens is 138 g/mol. The van der Waals surface area contributed by atoms with Gasteiger partial charge in [0.15, 0.2) is 0 Å². The van der Waals surface area contributed by atoms with Crippen LogP contribution >= 0.6 is 0 Å². The van der Waals surface area contributed by atoms with E-state index < -0.39 is 0 Å². The molecule has 0 unspecified atom stereocenters. The molecule has 0 atom stereocenters. The summed E-state index contributed by atoms with van der Waals surface area (Å²) < 4.78 is 0. The normalized spacial score (nSPS) is 8.82. The van der Waals surface area contributed by atoms with Crippen LogP contribution in [0.15, 0.2) is 0 Å². The maximum Gasteiger partial charge on any atom is 0.219 e. The lowest BCUT2D eigenvalue weighted by atomic mass is 10.2. The van der Waals surface area contributed by atoms with Gasteiger partial charge in [-0.1, -0.05) is 47.0 Å². The van der Waals surface area contributed by atoms with Crippen molar-refractivity contribution in [2.24, 2.45) is 11.7 Å². The number of amides is 1. The monoisotopic (exact) mass is 159 g/mol. The van der Waals surface area contributed by atoms with Crippen molar-refractivity contribution in [2.75, 3.05) is 0 Å². The maximum atomic E-state index is 9.92. The molecule has 0 rings (SSSR count). The van der Waals surface area contributed by atoms with Gasteiger partial charge in [0, 0.05) is 5.92 Å². The Morgan fingerprint density at radius 1 is 1.27 bits per heavy atom. The molecular formula is C9H21NO. The van der Waals surface area contributed by atoms with E-state index in [0.29, 0.717) is 0 Å². The highest BCUT2D eigenvalue weighted by Crippen LogP contribution is 1.88. The van der Waals surface area contributed by atoms with Crippen LogP contribution in [0.5, 0.6) is 0 Å². The quantitative estimate of drug-likeness (QED) is 0.674. The van der Waals surface area contributed by atoms with Crippen molar-refractivity contribution in [1.82, 2.24) is 0 Å². The third-order valence-corrected chi connectivity index (χ3v) is 1.28. The standard InChI is InChI=1S/C5H12.C4H9NO/c1-3-5-4-2;1-3(2)4(5)6/h3-5H2,1-2H3;3H,1-2H3,(H2,5,6). The van der Waals surface area contributed by atoms with Crippen LogP contribution in [0.1, 0.15) is 47.0 Å². The lowest BCUT2D eigenvalue weighted by molar-refractivity contribution is -0.120. The predicted molar refractivity (Wildman–Crippen MR) is 49.2 cm³/mol. The first-order valence-corrected chi connectivity index (χ1v) is 4.35. The Bertz CT molecular complexity index is 87.6. The summed E-state index contributed by atoms with van der Waals surface area (Å²) in [6.45, 7) is 7.96. The predicted octanol–water partition coefficient (Wildman–Crippen LogP) is 2.32. The minimum atomic E-state index is -0.241. The number of carbonyl (C=O) groups is 1. The van der Waals surface area contributed by atoms with Gasteiger partial charge in [0.05, 0.1) is 0 Å². The molecule has 0 spiro atoms. The number of hydrogen-bond acceptors (Lipinski definition) is 1. The number of primary amides is 1. The van der Waals surface area contributed by atoms with Gasteiger partial charge >= 0.3 is 0 Å². The molecule has 0 saturated carbocycles. The van der Waals surface area contributed by atoms with Crippen molar-refractivity contribution >= 4 is 5.91 Å². The van der Waals surface area contributed by atoms with Gasteiger partial charge in [-0.15, -0.1) is 0 Å². The summed E-state index contributed by atoms with van der Waals surface area (Å²) in [4.78, 5) is 9.92. The molecule has 0 radical (unpaired) electrons. The number of rotatable bonds is 3. The highest BCUT2D eigenvalue weighted by atomic mass is 16.1. The van der Waals surface area contributed by atoms with E-state index in [1.54, 1.807) is 13.8 Å². The molecule has 0 aliphatic heterocycles. The Morgan fingerprint density at radius 2 is 1.55 bits per heavy atom. The van der Waals surface area contributed by atoms with E-state index in [2.05, 4.69) is 13.8 Å². The lowest BCUT2D eigenvalue weighted by Gasteiger charge is -1.90. The summed E-state index contributed by atoms with van der Waals surface area (Å²) >= 11 is 0. The molecule has 0 fully saturated rings. The number of hydrogen-bond donors (Lipinski definition) is 1. The van der Waals surface area contributed by atoms with Crippen molar-refractivity contribution in [3.05, 3.63) is 0 Å². The van der Waals surface area contributed by atoms with Crippen LogP contribution in [0, 0.1) is 5.92 Å². The van der Waals surface area contributed by atoms with Crippen molar-refractivity contribution in [1.29, 1.82) is 0 Å². The van der Waals surface area contributed by atoms with Gasteiger partial charge in [-0.2, -0.15) is 0 Å². The second kappa shape index (κ2) is 9.47. The zero-order valence-corrected chi connectivity index (χ0v) is 8.18. The second-order valence-corrected chi connectivity index (χ2v) is 2.91. The van der Waals surface area contributed by atoms with Crippen LogP contribution in [-0.2, 0) is 4.79 Å². The zero-order valence-electron chi connectivity index (χ0n) is 8.18. The van der Waals surface area contributed by atoms with Crippen LogP contribution in [0.4, 0.5) is 0 Å². The average molecular weight is 159 g/mol. The Hall–Kier alpha value is -0.530. The Kier molecular flexibility index (Phi) is 11.3. The van der Waals surface area contributed by atoms with Crippen LogP contribution in [-0.4, -0.2) is 5.91 Å². The molecule has 1 amide bonds. The third kappa shape index (κ3) is 17.7. The average Bonchev–Trinajstić information content (AvgIpc) is 1.90. The van der Waals surface area contributed by atoms with Gasteiger partial charge in [-0.25, -0.2) is 0 Å². The van der Waals surface area contributed by atoms with Crippen molar-refractivity contribution in [2.45, 2.75) is 47.0 Å². The molecule has 11 heavy (non-hydrogen) atoms. The summed E-state index contributed by atoms with van der Waals surface area (Å²) in [5, 5.41) is 0. The van der Waals surface area contributed by atoms with Crippen LogP contribution in [0.25, 0.3) is 0 Å². The van der Waals surface area contributed by atoms with Gasteiger partial charge in [0.2, 0.25) is 5.91 Å². The topological polar surface area (TPSA) is 43.1 Å². The molecule has 0 aromatic rings. The summed E-state index contributed by atoms with van der Waals surface area (Å²) in [6, 6.07) is 0. The molecule has 0 aliphatic rings. The number of carbonyl (C=O) groups excluding carboxylic acids is 1. The fourth-order valence-corrected chi connectivity index (χ4v) is 0.354. The van der Waals surface area contributed by atoms with Gasteiger partial charge in [0.1, 0.15) is 0 Å². The summed E-state index contributed by atoms with van der Waals surface area (Å²) in [6.07, 6.45) is 4.08. The van der Waals surface area contributed by atoms with Gasteiger partial charge in [-0.05, 0) is 0 Å². The minimum Gasteiger partial charge on any atom is -0.369 e. The van der Waals surface area contributed by atoms with Crippen molar-refractivity contribution in [3.8, 4) is 0 Å². The first-order valence-electron chi connectivity index (χ1n) is 4.35. The molecule has 2 heteroatoms. The molecule has 68 valence electrons. The molecule has 0 heterocycles. The molecule has 2 nitrogen and oxygen atoms in total. The van der Waals surface area contributed by atoms with E-state index >= 15 is 0 Å². The molecule has 2 N–H and O–H groups in total. The van der Waals surface area contributed by atoms with E-state index in [0.717, 1.165) is 0 Å². The molecule has 0 aliphatic carbocycles. The maximum absolute atomic E-state index is 9.92. The summed E-state index contributed by atoms with van der Waals surface area (Å²) in [5.74, 6) is -0.250.